The van der Waals surface area contributed by atoms with E-state index in [4.69, 9.17) is 17.0 Å². The van der Waals surface area contributed by atoms with Gasteiger partial charge in [-0.1, -0.05) is 35.0 Å². The highest BCUT2D eigenvalue weighted by Crippen LogP contribution is 2.27. The van der Waals surface area contributed by atoms with Crippen LogP contribution in [0.2, 0.25) is 0 Å². The quantitative estimate of drug-likeness (QED) is 0.516. The summed E-state index contributed by atoms with van der Waals surface area (Å²) in [5.41, 5.74) is 1.85. The molecular formula is C20H18BrFN2O2S. The number of nitrogens with zero attached hydrogens (tertiary/aromatic N) is 1. The molecule has 3 rings (SSSR count). The van der Waals surface area contributed by atoms with Crippen LogP contribution in [0.15, 0.2) is 52.6 Å². The van der Waals surface area contributed by atoms with Gasteiger partial charge in [0.05, 0.1) is 0 Å². The number of benzene rings is 2. The number of halogens is 2. The molecule has 0 radical (unpaired) electrons. The Morgan fingerprint density at radius 2 is 2.11 bits per heavy atom. The summed E-state index contributed by atoms with van der Waals surface area (Å²) < 4.78 is 20.1. The molecule has 1 N–H and O–H groups in total. The summed E-state index contributed by atoms with van der Waals surface area (Å²) in [6.07, 6.45) is 2.54. The number of rotatable bonds is 6. The van der Waals surface area contributed by atoms with Crippen molar-refractivity contribution in [3.8, 4) is 5.75 Å². The van der Waals surface area contributed by atoms with Crippen LogP contribution in [0.25, 0.3) is 6.08 Å². The van der Waals surface area contributed by atoms with E-state index >= 15 is 0 Å². The number of hydrogen-bond donors (Lipinski definition) is 1. The van der Waals surface area contributed by atoms with E-state index in [0.717, 1.165) is 22.0 Å². The lowest BCUT2D eigenvalue weighted by molar-refractivity contribution is -0.122. The SMILES string of the molecule is CCCN1C(=O)/C(=C/c2cc(Br)ccc2OCc2cccc(F)c2)NC1=S. The molecule has 1 saturated heterocycles. The Morgan fingerprint density at radius 1 is 1.30 bits per heavy atom. The summed E-state index contributed by atoms with van der Waals surface area (Å²) in [7, 11) is 0. The van der Waals surface area contributed by atoms with Crippen LogP contribution in [-0.2, 0) is 11.4 Å². The summed E-state index contributed by atoms with van der Waals surface area (Å²) in [6, 6.07) is 11.8. The van der Waals surface area contributed by atoms with Gasteiger partial charge in [-0.2, -0.15) is 0 Å². The summed E-state index contributed by atoms with van der Waals surface area (Å²) in [6.45, 7) is 2.78. The van der Waals surface area contributed by atoms with Gasteiger partial charge >= 0.3 is 0 Å². The molecule has 1 heterocycles. The fraction of sp³-hybridized carbons (Fsp3) is 0.200. The van der Waals surface area contributed by atoms with E-state index in [1.165, 1.54) is 12.1 Å². The number of amides is 1. The molecule has 1 aliphatic rings. The van der Waals surface area contributed by atoms with Gasteiger partial charge < -0.3 is 10.1 Å². The van der Waals surface area contributed by atoms with Crippen molar-refractivity contribution in [1.82, 2.24) is 10.2 Å². The summed E-state index contributed by atoms with van der Waals surface area (Å²) in [5, 5.41) is 3.37. The van der Waals surface area contributed by atoms with Crippen LogP contribution in [0.3, 0.4) is 0 Å². The van der Waals surface area contributed by atoms with Crippen molar-refractivity contribution in [1.29, 1.82) is 0 Å². The molecule has 1 amide bonds. The molecule has 27 heavy (non-hydrogen) atoms. The molecule has 0 aliphatic carbocycles. The molecule has 4 nitrogen and oxygen atoms in total. The van der Waals surface area contributed by atoms with Gasteiger partial charge in [0.15, 0.2) is 5.11 Å². The zero-order valence-electron chi connectivity index (χ0n) is 14.7. The van der Waals surface area contributed by atoms with Gasteiger partial charge in [0.1, 0.15) is 23.9 Å². The fourth-order valence-corrected chi connectivity index (χ4v) is 3.37. The molecule has 2 aromatic carbocycles. The van der Waals surface area contributed by atoms with E-state index in [1.54, 1.807) is 29.2 Å². The van der Waals surface area contributed by atoms with E-state index in [9.17, 15) is 9.18 Å². The highest BCUT2D eigenvalue weighted by molar-refractivity contribution is 9.10. The minimum absolute atomic E-state index is 0.155. The average Bonchev–Trinajstić information content (AvgIpc) is 2.89. The van der Waals surface area contributed by atoms with E-state index < -0.39 is 0 Å². The molecule has 1 aliphatic heterocycles. The third-order valence-corrected chi connectivity index (χ3v) is 4.78. The number of carbonyl (C=O) groups excluding carboxylic acids is 1. The first-order valence-corrected chi connectivity index (χ1v) is 9.69. The lowest BCUT2D eigenvalue weighted by Gasteiger charge is -2.12. The van der Waals surface area contributed by atoms with Gasteiger partial charge in [0.25, 0.3) is 5.91 Å². The Labute approximate surface area is 171 Å². The number of ether oxygens (including phenoxy) is 1. The number of carbonyl (C=O) groups is 1. The third-order valence-electron chi connectivity index (χ3n) is 3.96. The second-order valence-corrected chi connectivity index (χ2v) is 7.35. The second kappa shape index (κ2) is 8.63. The number of hydrogen-bond acceptors (Lipinski definition) is 3. The van der Waals surface area contributed by atoms with Crippen LogP contribution < -0.4 is 10.1 Å². The Hall–Kier alpha value is -2.25. The van der Waals surface area contributed by atoms with Crippen LogP contribution in [0.4, 0.5) is 4.39 Å². The zero-order valence-corrected chi connectivity index (χ0v) is 17.1. The molecule has 0 aromatic heterocycles. The van der Waals surface area contributed by atoms with Crippen molar-refractivity contribution in [2.24, 2.45) is 0 Å². The molecule has 140 valence electrons. The second-order valence-electron chi connectivity index (χ2n) is 6.05. The zero-order chi connectivity index (χ0) is 19.4. The normalized spacial score (nSPS) is 15.4. The highest BCUT2D eigenvalue weighted by Gasteiger charge is 2.29. The topological polar surface area (TPSA) is 41.6 Å². The first kappa shape index (κ1) is 19.5. The van der Waals surface area contributed by atoms with Gasteiger partial charge in [-0.3, -0.25) is 9.69 Å². The van der Waals surface area contributed by atoms with Gasteiger partial charge in [-0.15, -0.1) is 0 Å². The van der Waals surface area contributed by atoms with Gasteiger partial charge in [0.2, 0.25) is 0 Å². The van der Waals surface area contributed by atoms with E-state index in [2.05, 4.69) is 21.2 Å². The maximum Gasteiger partial charge on any atom is 0.276 e. The minimum atomic E-state index is -0.306. The predicted molar refractivity (Wildman–Crippen MR) is 111 cm³/mol. The van der Waals surface area contributed by atoms with Gasteiger partial charge in [-0.25, -0.2) is 4.39 Å². The molecule has 0 unspecified atom stereocenters. The van der Waals surface area contributed by atoms with E-state index in [1.807, 2.05) is 19.1 Å². The minimum Gasteiger partial charge on any atom is -0.488 e. The smallest absolute Gasteiger partial charge is 0.276 e. The van der Waals surface area contributed by atoms with Crippen molar-refractivity contribution in [2.45, 2.75) is 20.0 Å². The maximum absolute atomic E-state index is 13.3. The van der Waals surface area contributed by atoms with Gasteiger partial charge in [0, 0.05) is 16.6 Å². The number of thiocarbonyl (C=S) groups is 1. The molecule has 0 bridgehead atoms. The van der Waals surface area contributed by atoms with Crippen LogP contribution in [0.5, 0.6) is 5.75 Å². The lowest BCUT2D eigenvalue weighted by Crippen LogP contribution is -2.31. The maximum atomic E-state index is 13.3. The molecule has 0 saturated carbocycles. The first-order valence-electron chi connectivity index (χ1n) is 8.49. The van der Waals surface area contributed by atoms with Gasteiger partial charge in [-0.05, 0) is 60.6 Å². The Kier molecular flexibility index (Phi) is 6.23. The largest absolute Gasteiger partial charge is 0.488 e. The summed E-state index contributed by atoms with van der Waals surface area (Å²) >= 11 is 8.68. The third kappa shape index (κ3) is 4.73. The molecule has 1 fully saturated rings. The van der Waals surface area contributed by atoms with Crippen molar-refractivity contribution in [3.63, 3.8) is 0 Å². The summed E-state index contributed by atoms with van der Waals surface area (Å²) in [5.74, 6) is 0.127. The Morgan fingerprint density at radius 3 is 2.85 bits per heavy atom. The van der Waals surface area contributed by atoms with Crippen molar-refractivity contribution >= 4 is 45.2 Å². The Balaban J connectivity index is 1.84. The van der Waals surface area contributed by atoms with Crippen molar-refractivity contribution < 1.29 is 13.9 Å². The van der Waals surface area contributed by atoms with Crippen LogP contribution in [0, 0.1) is 5.82 Å². The van der Waals surface area contributed by atoms with Crippen LogP contribution in [0.1, 0.15) is 24.5 Å². The molecule has 0 atom stereocenters. The highest BCUT2D eigenvalue weighted by atomic mass is 79.9. The van der Waals surface area contributed by atoms with Crippen molar-refractivity contribution in [2.75, 3.05) is 6.54 Å². The van der Waals surface area contributed by atoms with Crippen LogP contribution >= 0.6 is 28.1 Å². The van der Waals surface area contributed by atoms with Crippen molar-refractivity contribution in [3.05, 3.63) is 69.6 Å². The molecule has 2 aromatic rings. The molecular weight excluding hydrogens is 431 g/mol. The monoisotopic (exact) mass is 448 g/mol. The molecule has 7 heteroatoms. The average molecular weight is 449 g/mol. The molecule has 0 spiro atoms. The standard InChI is InChI=1S/C20H18BrFN2O2S/c1-2-8-24-19(25)17(23-20(24)27)11-14-10-15(21)6-7-18(14)26-12-13-4-3-5-16(22)9-13/h3-7,9-11H,2,8,12H2,1H3,(H,23,27)/b17-11-. The summed E-state index contributed by atoms with van der Waals surface area (Å²) in [4.78, 5) is 14.1. The lowest BCUT2D eigenvalue weighted by atomic mass is 10.1. The number of nitrogens with one attached hydrogen (secondary N) is 1. The van der Waals surface area contributed by atoms with E-state index in [0.29, 0.717) is 23.1 Å². The van der Waals surface area contributed by atoms with Crippen LogP contribution in [-0.4, -0.2) is 22.5 Å². The Bertz CT molecular complexity index is 917. The van der Waals surface area contributed by atoms with E-state index in [-0.39, 0.29) is 18.3 Å². The predicted octanol–water partition coefficient (Wildman–Crippen LogP) is 4.63. The fourth-order valence-electron chi connectivity index (χ4n) is 2.71. The first-order chi connectivity index (χ1) is 13.0.